The highest BCUT2D eigenvalue weighted by molar-refractivity contribution is 5.37. The minimum Gasteiger partial charge on any atom is -0.488 e. The molecule has 1 aromatic rings. The SMILES string of the molecule is CNC(C)C1CCCN(CC2Cc3ccccc3O2)C1. The second kappa shape index (κ2) is 6.15. The van der Waals surface area contributed by atoms with Gasteiger partial charge >= 0.3 is 0 Å². The van der Waals surface area contributed by atoms with Crippen molar-refractivity contribution >= 4 is 0 Å². The number of fused-ring (bicyclic) bond motifs is 1. The molecule has 0 bridgehead atoms. The summed E-state index contributed by atoms with van der Waals surface area (Å²) in [5.41, 5.74) is 1.37. The number of piperidine rings is 1. The van der Waals surface area contributed by atoms with Crippen molar-refractivity contribution in [3.63, 3.8) is 0 Å². The summed E-state index contributed by atoms with van der Waals surface area (Å²) >= 11 is 0. The first kappa shape index (κ1) is 13.9. The average Bonchev–Trinajstić information content (AvgIpc) is 2.88. The smallest absolute Gasteiger partial charge is 0.123 e. The highest BCUT2D eigenvalue weighted by Crippen LogP contribution is 2.29. The van der Waals surface area contributed by atoms with Crippen molar-refractivity contribution in [3.8, 4) is 5.75 Å². The average molecular weight is 274 g/mol. The van der Waals surface area contributed by atoms with Crippen molar-refractivity contribution in [2.24, 2.45) is 5.92 Å². The third-order valence-corrected chi connectivity index (χ3v) is 4.88. The summed E-state index contributed by atoms with van der Waals surface area (Å²) in [5.74, 6) is 1.87. The van der Waals surface area contributed by atoms with Crippen LogP contribution >= 0.6 is 0 Å². The van der Waals surface area contributed by atoms with Crippen LogP contribution in [0.5, 0.6) is 5.75 Å². The predicted octanol–water partition coefficient (Wildman–Crippen LogP) is 2.31. The molecule has 2 heterocycles. The van der Waals surface area contributed by atoms with Gasteiger partial charge in [-0.05, 0) is 50.9 Å². The quantitative estimate of drug-likeness (QED) is 0.912. The number of benzene rings is 1. The minimum absolute atomic E-state index is 0.344. The van der Waals surface area contributed by atoms with Crippen LogP contribution in [-0.2, 0) is 6.42 Å². The lowest BCUT2D eigenvalue weighted by Gasteiger charge is -2.36. The molecule has 0 radical (unpaired) electrons. The molecule has 110 valence electrons. The van der Waals surface area contributed by atoms with Crippen LogP contribution in [0.2, 0.25) is 0 Å². The van der Waals surface area contributed by atoms with Gasteiger partial charge in [-0.15, -0.1) is 0 Å². The number of likely N-dealkylation sites (tertiary alicyclic amines) is 1. The molecular weight excluding hydrogens is 248 g/mol. The highest BCUT2D eigenvalue weighted by Gasteiger charge is 2.28. The Labute approximate surface area is 122 Å². The van der Waals surface area contributed by atoms with Crippen LogP contribution in [0, 0.1) is 5.92 Å². The fraction of sp³-hybridized carbons (Fsp3) is 0.647. The molecule has 3 unspecified atom stereocenters. The topological polar surface area (TPSA) is 24.5 Å². The standard InChI is InChI=1S/C17H26N2O/c1-13(18-2)15-7-5-9-19(11-15)12-16-10-14-6-3-4-8-17(14)20-16/h3-4,6,8,13,15-16,18H,5,7,9-12H2,1-2H3. The van der Waals surface area contributed by atoms with E-state index in [2.05, 4.69) is 48.5 Å². The van der Waals surface area contributed by atoms with Gasteiger partial charge in [0.2, 0.25) is 0 Å². The first-order chi connectivity index (χ1) is 9.76. The molecule has 0 spiro atoms. The van der Waals surface area contributed by atoms with E-state index in [0.717, 1.165) is 24.6 Å². The van der Waals surface area contributed by atoms with Crippen LogP contribution in [0.25, 0.3) is 0 Å². The second-order valence-corrected chi connectivity index (χ2v) is 6.29. The molecule has 3 heteroatoms. The minimum atomic E-state index is 0.344. The van der Waals surface area contributed by atoms with E-state index in [4.69, 9.17) is 4.74 Å². The van der Waals surface area contributed by atoms with Gasteiger partial charge in [-0.3, -0.25) is 4.90 Å². The molecule has 20 heavy (non-hydrogen) atoms. The molecular formula is C17H26N2O. The summed E-state index contributed by atoms with van der Waals surface area (Å²) in [5, 5.41) is 3.41. The maximum absolute atomic E-state index is 6.07. The van der Waals surface area contributed by atoms with Gasteiger partial charge in [0.1, 0.15) is 11.9 Å². The molecule has 1 N–H and O–H groups in total. The van der Waals surface area contributed by atoms with Crippen LogP contribution in [0.3, 0.4) is 0 Å². The molecule has 1 saturated heterocycles. The van der Waals surface area contributed by atoms with Crippen molar-refractivity contribution in [2.75, 3.05) is 26.7 Å². The summed E-state index contributed by atoms with van der Waals surface area (Å²) in [4.78, 5) is 2.60. The molecule has 0 aliphatic carbocycles. The van der Waals surface area contributed by atoms with E-state index in [1.165, 1.54) is 31.5 Å². The maximum Gasteiger partial charge on any atom is 0.123 e. The monoisotopic (exact) mass is 274 g/mol. The third-order valence-electron chi connectivity index (χ3n) is 4.88. The lowest BCUT2D eigenvalue weighted by Crippen LogP contribution is -2.46. The largest absolute Gasteiger partial charge is 0.488 e. The van der Waals surface area contributed by atoms with E-state index < -0.39 is 0 Å². The van der Waals surface area contributed by atoms with Crippen molar-refractivity contribution in [3.05, 3.63) is 29.8 Å². The number of hydrogen-bond donors (Lipinski definition) is 1. The van der Waals surface area contributed by atoms with Gasteiger partial charge in [-0.1, -0.05) is 18.2 Å². The van der Waals surface area contributed by atoms with Crippen LogP contribution < -0.4 is 10.1 Å². The van der Waals surface area contributed by atoms with Gasteiger partial charge < -0.3 is 10.1 Å². The van der Waals surface area contributed by atoms with Crippen molar-refractivity contribution in [1.29, 1.82) is 0 Å². The maximum atomic E-state index is 6.07. The summed E-state index contributed by atoms with van der Waals surface area (Å²) in [6.07, 6.45) is 4.08. The zero-order chi connectivity index (χ0) is 13.9. The first-order valence-electron chi connectivity index (χ1n) is 7.90. The molecule has 0 saturated carbocycles. The Kier molecular flexibility index (Phi) is 4.27. The highest BCUT2D eigenvalue weighted by atomic mass is 16.5. The van der Waals surface area contributed by atoms with E-state index in [0.29, 0.717) is 12.1 Å². The number of nitrogens with zero attached hydrogens (tertiary/aromatic N) is 1. The molecule has 1 aromatic carbocycles. The molecule has 3 rings (SSSR count). The van der Waals surface area contributed by atoms with Crippen molar-refractivity contribution in [2.45, 2.75) is 38.3 Å². The summed E-state index contributed by atoms with van der Waals surface area (Å²) in [6.45, 7) is 5.80. The second-order valence-electron chi connectivity index (χ2n) is 6.29. The number of rotatable bonds is 4. The Bertz CT molecular complexity index is 423. The van der Waals surface area contributed by atoms with Crippen LogP contribution in [0.1, 0.15) is 25.3 Å². The number of ether oxygens (including phenoxy) is 1. The molecule has 1 fully saturated rings. The summed E-state index contributed by atoms with van der Waals surface area (Å²) in [6, 6.07) is 9.07. The number of para-hydroxylation sites is 1. The van der Waals surface area contributed by atoms with Gasteiger partial charge in [0.05, 0.1) is 0 Å². The van der Waals surface area contributed by atoms with Gasteiger partial charge in [0, 0.05) is 25.6 Å². The van der Waals surface area contributed by atoms with E-state index in [1.54, 1.807) is 0 Å². The molecule has 2 aliphatic rings. The van der Waals surface area contributed by atoms with Gasteiger partial charge in [-0.2, -0.15) is 0 Å². The van der Waals surface area contributed by atoms with Crippen LogP contribution in [0.15, 0.2) is 24.3 Å². The van der Waals surface area contributed by atoms with Gasteiger partial charge in [0.15, 0.2) is 0 Å². The fourth-order valence-electron chi connectivity index (χ4n) is 3.54. The van der Waals surface area contributed by atoms with Crippen LogP contribution in [-0.4, -0.2) is 43.7 Å². The lowest BCUT2D eigenvalue weighted by atomic mass is 9.91. The molecule has 0 amide bonds. The van der Waals surface area contributed by atoms with Crippen molar-refractivity contribution in [1.82, 2.24) is 10.2 Å². The molecule has 0 aromatic heterocycles. The Hall–Kier alpha value is -1.06. The molecule has 3 nitrogen and oxygen atoms in total. The predicted molar refractivity (Wildman–Crippen MR) is 82.2 cm³/mol. The van der Waals surface area contributed by atoms with E-state index in [9.17, 15) is 0 Å². The zero-order valence-corrected chi connectivity index (χ0v) is 12.6. The third kappa shape index (κ3) is 2.99. The Morgan fingerprint density at radius 3 is 3.05 bits per heavy atom. The lowest BCUT2D eigenvalue weighted by molar-refractivity contribution is 0.101. The van der Waals surface area contributed by atoms with E-state index in [-0.39, 0.29) is 0 Å². The Balaban J connectivity index is 1.54. The summed E-state index contributed by atoms with van der Waals surface area (Å²) in [7, 11) is 2.07. The van der Waals surface area contributed by atoms with Gasteiger partial charge in [-0.25, -0.2) is 0 Å². The van der Waals surface area contributed by atoms with E-state index in [1.807, 2.05) is 0 Å². The van der Waals surface area contributed by atoms with E-state index >= 15 is 0 Å². The summed E-state index contributed by atoms with van der Waals surface area (Å²) < 4.78 is 6.07. The first-order valence-corrected chi connectivity index (χ1v) is 7.90. The normalized spacial score (nSPS) is 27.9. The Morgan fingerprint density at radius 2 is 2.25 bits per heavy atom. The zero-order valence-electron chi connectivity index (χ0n) is 12.6. The van der Waals surface area contributed by atoms with Gasteiger partial charge in [0.25, 0.3) is 0 Å². The van der Waals surface area contributed by atoms with Crippen molar-refractivity contribution < 1.29 is 4.74 Å². The van der Waals surface area contributed by atoms with Crippen LogP contribution in [0.4, 0.5) is 0 Å². The number of nitrogens with one attached hydrogen (secondary N) is 1. The molecule has 2 aliphatic heterocycles. The molecule has 3 atom stereocenters. The fourth-order valence-corrected chi connectivity index (χ4v) is 3.54. The number of hydrogen-bond acceptors (Lipinski definition) is 3. The Morgan fingerprint density at radius 1 is 1.40 bits per heavy atom.